The number of Topliss-reactive ketones (excluding diaryl/α,β-unsaturated/α-hetero) is 1. The Labute approximate surface area is 189 Å². The number of ketones is 2. The Morgan fingerprint density at radius 2 is 2.03 bits per heavy atom. The van der Waals surface area contributed by atoms with E-state index < -0.39 is 41.0 Å². The quantitative estimate of drug-likeness (QED) is 0.613. The normalized spacial score (nSPS) is 44.8. The van der Waals surface area contributed by atoms with Crippen molar-refractivity contribution in [3.63, 3.8) is 0 Å². The van der Waals surface area contributed by atoms with Crippen LogP contribution in [0.2, 0.25) is 0 Å². The first-order valence-electron chi connectivity index (χ1n) is 11.8. The summed E-state index contributed by atoms with van der Waals surface area (Å²) in [6, 6.07) is 0. The van der Waals surface area contributed by atoms with Gasteiger partial charge in [0.05, 0.1) is 6.10 Å². The molecule has 4 aliphatic carbocycles. The number of aliphatic hydroxyl groups is 2. The van der Waals surface area contributed by atoms with Crippen molar-refractivity contribution in [2.45, 2.75) is 65.1 Å². The van der Waals surface area contributed by atoms with Gasteiger partial charge in [0.1, 0.15) is 6.61 Å². The van der Waals surface area contributed by atoms with E-state index in [0.717, 1.165) is 18.4 Å². The number of fused-ring (bicyclic) bond motifs is 5. The van der Waals surface area contributed by atoms with Crippen LogP contribution in [0.5, 0.6) is 0 Å². The predicted octanol–water partition coefficient (Wildman–Crippen LogP) is 2.56. The second kappa shape index (κ2) is 7.80. The number of rotatable bonds is 4. The lowest BCUT2D eigenvalue weighted by Crippen LogP contribution is -2.64. The molecule has 0 aromatic heterocycles. The van der Waals surface area contributed by atoms with Crippen LogP contribution in [0.3, 0.4) is 0 Å². The predicted molar refractivity (Wildman–Crippen MR) is 118 cm³/mol. The van der Waals surface area contributed by atoms with Gasteiger partial charge in [-0.05, 0) is 56.6 Å². The summed E-state index contributed by atoms with van der Waals surface area (Å²) in [6.45, 7) is 7.37. The third-order valence-corrected chi connectivity index (χ3v) is 9.17. The largest absolute Gasteiger partial charge is 0.434 e. The number of alkyl carbamates (subject to hydrolysis) is 1. The van der Waals surface area contributed by atoms with Crippen LogP contribution in [-0.2, 0) is 14.3 Å². The molecule has 0 radical (unpaired) electrons. The zero-order valence-corrected chi connectivity index (χ0v) is 19.4. The molecule has 0 aromatic rings. The summed E-state index contributed by atoms with van der Waals surface area (Å²) < 4.78 is 5.91. The second-order valence-corrected chi connectivity index (χ2v) is 10.6. The number of ether oxygens (including phenoxy) is 1. The van der Waals surface area contributed by atoms with E-state index in [9.17, 15) is 24.6 Å². The van der Waals surface area contributed by atoms with Gasteiger partial charge in [0, 0.05) is 29.2 Å². The van der Waals surface area contributed by atoms with Crippen LogP contribution in [0.4, 0.5) is 4.79 Å². The summed E-state index contributed by atoms with van der Waals surface area (Å²) in [5.74, 6) is -0.737. The van der Waals surface area contributed by atoms with Crippen LogP contribution in [0.1, 0.15) is 53.4 Å². The second-order valence-electron chi connectivity index (χ2n) is 10.6. The van der Waals surface area contributed by atoms with Crippen molar-refractivity contribution in [1.29, 1.82) is 0 Å². The Balaban J connectivity index is 1.78. The molecule has 0 spiro atoms. The van der Waals surface area contributed by atoms with E-state index in [0.29, 0.717) is 19.4 Å². The van der Waals surface area contributed by atoms with Crippen molar-refractivity contribution in [1.82, 2.24) is 5.32 Å². The molecule has 0 heterocycles. The molecule has 8 atom stereocenters. The van der Waals surface area contributed by atoms with Crippen LogP contribution >= 0.6 is 0 Å². The maximum absolute atomic E-state index is 13.2. The Bertz CT molecular complexity index is 895. The van der Waals surface area contributed by atoms with Crippen molar-refractivity contribution < 1.29 is 29.3 Å². The summed E-state index contributed by atoms with van der Waals surface area (Å²) in [5.41, 5.74) is -1.64. The maximum atomic E-state index is 13.2. The van der Waals surface area contributed by atoms with E-state index in [1.807, 2.05) is 19.9 Å². The number of nitrogens with one attached hydrogen (secondary N) is 1. The average molecular weight is 446 g/mol. The molecular weight excluding hydrogens is 410 g/mol. The molecule has 0 bridgehead atoms. The molecule has 4 unspecified atom stereocenters. The van der Waals surface area contributed by atoms with Gasteiger partial charge in [0.15, 0.2) is 11.4 Å². The molecule has 3 N–H and O–H groups in total. The lowest BCUT2D eigenvalue weighted by molar-refractivity contribution is -0.183. The number of carbonyl (C=O) groups is 3. The highest BCUT2D eigenvalue weighted by molar-refractivity contribution is 6.01. The highest BCUT2D eigenvalue weighted by atomic mass is 16.6. The number of amides is 1. The topological polar surface area (TPSA) is 113 Å². The van der Waals surface area contributed by atoms with Crippen LogP contribution < -0.4 is 5.32 Å². The van der Waals surface area contributed by atoms with Gasteiger partial charge in [-0.3, -0.25) is 9.59 Å². The van der Waals surface area contributed by atoms with Crippen molar-refractivity contribution in [2.24, 2.45) is 34.5 Å². The third kappa shape index (κ3) is 2.97. The molecule has 4 rings (SSSR count). The van der Waals surface area contributed by atoms with Gasteiger partial charge < -0.3 is 20.3 Å². The van der Waals surface area contributed by atoms with Crippen molar-refractivity contribution >= 4 is 17.7 Å². The van der Waals surface area contributed by atoms with Crippen LogP contribution in [0.15, 0.2) is 23.8 Å². The fourth-order valence-electron chi connectivity index (χ4n) is 7.96. The minimum absolute atomic E-state index is 0.0107. The van der Waals surface area contributed by atoms with E-state index in [1.54, 1.807) is 19.1 Å². The van der Waals surface area contributed by atoms with Crippen LogP contribution in [0.25, 0.3) is 0 Å². The molecule has 4 aliphatic rings. The molecule has 0 aliphatic heterocycles. The molecular formula is C25H35NO6. The smallest absolute Gasteiger partial charge is 0.408 e. The van der Waals surface area contributed by atoms with Gasteiger partial charge >= 0.3 is 6.09 Å². The number of allylic oxidation sites excluding steroid dienone is 4. The van der Waals surface area contributed by atoms with Gasteiger partial charge in [-0.2, -0.15) is 0 Å². The van der Waals surface area contributed by atoms with E-state index in [4.69, 9.17) is 4.74 Å². The first-order chi connectivity index (χ1) is 15.0. The van der Waals surface area contributed by atoms with E-state index in [-0.39, 0.29) is 29.5 Å². The monoisotopic (exact) mass is 445 g/mol. The number of aliphatic hydroxyl groups excluding tert-OH is 2. The number of carbonyl (C=O) groups excluding carboxylic acids is 3. The molecule has 7 heteroatoms. The molecule has 32 heavy (non-hydrogen) atoms. The standard InChI is InChI=1S/C25H35NO6/c1-5-26-22(31)32-25(20(30)13-27)14(2)10-18-17-7-6-15-11-16(28)8-9-23(15,3)21(17)19(29)12-24(18,25)4/h8-9,11,14,17-19,21,27,29H,5-7,10,12-13H2,1-4H3,(H,26,31)/t14-,17?,18?,19?,21?,23-,24-,25-/m0/s1. The number of hydrogen-bond donors (Lipinski definition) is 3. The minimum Gasteiger partial charge on any atom is -0.434 e. The molecule has 0 aromatic carbocycles. The van der Waals surface area contributed by atoms with Crippen molar-refractivity contribution in [3.05, 3.63) is 23.8 Å². The Morgan fingerprint density at radius 1 is 1.31 bits per heavy atom. The lowest BCUT2D eigenvalue weighted by atomic mass is 9.46. The molecule has 3 saturated carbocycles. The third-order valence-electron chi connectivity index (χ3n) is 9.17. The summed E-state index contributed by atoms with van der Waals surface area (Å²) >= 11 is 0. The van der Waals surface area contributed by atoms with Gasteiger partial charge in [0.25, 0.3) is 0 Å². The Hall–Kier alpha value is -1.99. The zero-order valence-electron chi connectivity index (χ0n) is 19.4. The van der Waals surface area contributed by atoms with Gasteiger partial charge in [-0.15, -0.1) is 0 Å². The van der Waals surface area contributed by atoms with Crippen molar-refractivity contribution in [3.8, 4) is 0 Å². The van der Waals surface area contributed by atoms with Gasteiger partial charge in [-0.1, -0.05) is 32.4 Å². The Morgan fingerprint density at radius 3 is 2.69 bits per heavy atom. The molecule has 0 saturated heterocycles. The van der Waals surface area contributed by atoms with Gasteiger partial charge in [-0.25, -0.2) is 4.79 Å². The molecule has 3 fully saturated rings. The van der Waals surface area contributed by atoms with Crippen LogP contribution in [-0.4, -0.2) is 52.7 Å². The SMILES string of the molecule is CCNC(=O)O[C@]1(C(=O)CO)[C@@H](C)CC2C3CCC4=CC(=O)C=C[C@]4(C)C3C(O)C[C@@]21C. The fraction of sp³-hybridized carbons (Fsp3) is 0.720. The Kier molecular flexibility index (Phi) is 5.65. The minimum atomic E-state index is -1.49. The summed E-state index contributed by atoms with van der Waals surface area (Å²) in [7, 11) is 0. The zero-order chi connectivity index (χ0) is 23.5. The fourth-order valence-corrected chi connectivity index (χ4v) is 7.96. The highest BCUT2D eigenvalue weighted by Crippen LogP contribution is 2.69. The highest BCUT2D eigenvalue weighted by Gasteiger charge is 2.72. The first-order valence-corrected chi connectivity index (χ1v) is 11.8. The van der Waals surface area contributed by atoms with Crippen LogP contribution in [0, 0.1) is 34.5 Å². The summed E-state index contributed by atoms with van der Waals surface area (Å²) in [4.78, 5) is 37.8. The van der Waals surface area contributed by atoms with E-state index in [2.05, 4.69) is 12.2 Å². The molecule has 7 nitrogen and oxygen atoms in total. The summed E-state index contributed by atoms with van der Waals surface area (Å²) in [6.07, 6.45) is 6.39. The molecule has 1 amide bonds. The van der Waals surface area contributed by atoms with E-state index >= 15 is 0 Å². The summed E-state index contributed by atoms with van der Waals surface area (Å²) in [5, 5.41) is 24.0. The average Bonchev–Trinajstić information content (AvgIpc) is 2.95. The first kappa shape index (κ1) is 23.2. The van der Waals surface area contributed by atoms with Gasteiger partial charge in [0.2, 0.25) is 5.78 Å². The lowest BCUT2D eigenvalue weighted by Gasteiger charge is -2.60. The maximum Gasteiger partial charge on any atom is 0.408 e. The number of hydrogen-bond acceptors (Lipinski definition) is 6. The van der Waals surface area contributed by atoms with E-state index in [1.165, 1.54) is 0 Å². The van der Waals surface area contributed by atoms with Crippen molar-refractivity contribution in [2.75, 3.05) is 13.2 Å². The molecule has 176 valence electrons.